The van der Waals surface area contributed by atoms with Crippen molar-refractivity contribution in [3.8, 4) is 0 Å². The third-order valence-electron chi connectivity index (χ3n) is 5.18. The van der Waals surface area contributed by atoms with Gasteiger partial charge in [0.1, 0.15) is 11.9 Å². The lowest BCUT2D eigenvalue weighted by molar-refractivity contribution is -0.139. The smallest absolute Gasteiger partial charge is 0.243 e. The lowest BCUT2D eigenvalue weighted by Gasteiger charge is -2.30. The minimum absolute atomic E-state index is 0.197. The first-order valence-electron chi connectivity index (χ1n) is 10.4. The molecule has 1 N–H and O–H groups in total. The Kier molecular flexibility index (Phi) is 7.93. The second kappa shape index (κ2) is 11.1. The Morgan fingerprint density at radius 3 is 2.00 bits per heavy atom. The van der Waals surface area contributed by atoms with Gasteiger partial charge in [0.15, 0.2) is 0 Å². The van der Waals surface area contributed by atoms with Crippen LogP contribution in [0.25, 0.3) is 0 Å². The average Bonchev–Trinajstić information content (AvgIpc) is 2.78. The number of halogens is 1. The van der Waals surface area contributed by atoms with Gasteiger partial charge >= 0.3 is 0 Å². The predicted octanol–water partition coefficient (Wildman–Crippen LogP) is 4.14. The van der Waals surface area contributed by atoms with Crippen LogP contribution in [0.5, 0.6) is 0 Å². The fourth-order valence-corrected chi connectivity index (χ4v) is 3.50. The molecule has 0 aliphatic rings. The van der Waals surface area contributed by atoms with E-state index in [9.17, 15) is 14.0 Å². The molecule has 0 heterocycles. The number of amides is 2. The molecule has 0 saturated heterocycles. The molecule has 0 aliphatic heterocycles. The van der Waals surface area contributed by atoms with E-state index in [2.05, 4.69) is 5.32 Å². The Morgan fingerprint density at radius 2 is 1.42 bits per heavy atom. The van der Waals surface area contributed by atoms with E-state index in [0.29, 0.717) is 19.4 Å². The molecule has 4 nitrogen and oxygen atoms in total. The molecule has 0 saturated carbocycles. The third kappa shape index (κ3) is 6.78. The molecule has 0 aromatic heterocycles. The van der Waals surface area contributed by atoms with Crippen LogP contribution in [-0.4, -0.2) is 29.3 Å². The van der Waals surface area contributed by atoms with E-state index in [1.165, 1.54) is 19.1 Å². The highest BCUT2D eigenvalue weighted by atomic mass is 19.1. The highest BCUT2D eigenvalue weighted by molar-refractivity contribution is 5.87. The molecule has 0 spiro atoms. The number of nitrogens with one attached hydrogen (secondary N) is 1. The van der Waals surface area contributed by atoms with E-state index in [4.69, 9.17) is 0 Å². The molecule has 160 valence electrons. The van der Waals surface area contributed by atoms with Crippen LogP contribution in [0.4, 0.5) is 4.39 Å². The topological polar surface area (TPSA) is 49.4 Å². The minimum atomic E-state index is -0.666. The number of nitrogens with zero attached hydrogens (tertiary/aromatic N) is 1. The maximum Gasteiger partial charge on any atom is 0.243 e. The maximum atomic E-state index is 13.3. The molecular formula is C26H27FN2O2. The summed E-state index contributed by atoms with van der Waals surface area (Å²) < 4.78 is 13.3. The van der Waals surface area contributed by atoms with Crippen molar-refractivity contribution in [3.63, 3.8) is 0 Å². The summed E-state index contributed by atoms with van der Waals surface area (Å²) in [6.45, 7) is 2.18. The van der Waals surface area contributed by atoms with Crippen molar-refractivity contribution in [2.75, 3.05) is 6.54 Å². The lowest BCUT2D eigenvalue weighted by Crippen LogP contribution is -2.50. The normalized spacial score (nSPS) is 11.5. The molecule has 31 heavy (non-hydrogen) atoms. The molecule has 1 atom stereocenters. The number of hydrogen-bond donors (Lipinski definition) is 1. The van der Waals surface area contributed by atoms with Gasteiger partial charge in [0.05, 0.1) is 0 Å². The Labute approximate surface area is 182 Å². The van der Waals surface area contributed by atoms with Crippen LogP contribution >= 0.6 is 0 Å². The molecule has 0 fully saturated rings. The highest BCUT2D eigenvalue weighted by Gasteiger charge is 2.28. The summed E-state index contributed by atoms with van der Waals surface area (Å²) in [7, 11) is 0. The second-order valence-electron chi connectivity index (χ2n) is 7.51. The molecule has 2 amide bonds. The van der Waals surface area contributed by atoms with Crippen molar-refractivity contribution >= 4 is 11.8 Å². The second-order valence-corrected chi connectivity index (χ2v) is 7.51. The van der Waals surface area contributed by atoms with Gasteiger partial charge in [0.2, 0.25) is 11.8 Å². The van der Waals surface area contributed by atoms with Crippen molar-refractivity contribution < 1.29 is 14.0 Å². The lowest BCUT2D eigenvalue weighted by atomic mass is 10.0. The SMILES string of the molecule is CC(=O)N(Cc1ccc(F)cc1)[C@@H](Cc1ccccc1)C(=O)NCCc1ccccc1. The number of rotatable bonds is 9. The van der Waals surface area contributed by atoms with Gasteiger partial charge in [-0.05, 0) is 35.2 Å². The molecule has 0 unspecified atom stereocenters. The average molecular weight is 419 g/mol. The summed E-state index contributed by atoms with van der Waals surface area (Å²) in [5.41, 5.74) is 2.87. The highest BCUT2D eigenvalue weighted by Crippen LogP contribution is 2.15. The summed E-state index contributed by atoms with van der Waals surface area (Å²) in [6.07, 6.45) is 1.11. The van der Waals surface area contributed by atoms with Crippen molar-refractivity contribution in [2.45, 2.75) is 32.4 Å². The van der Waals surface area contributed by atoms with Gasteiger partial charge in [-0.2, -0.15) is 0 Å². The van der Waals surface area contributed by atoms with Crippen molar-refractivity contribution in [3.05, 3.63) is 107 Å². The van der Waals surface area contributed by atoms with Gasteiger partial charge in [-0.25, -0.2) is 4.39 Å². The first-order valence-corrected chi connectivity index (χ1v) is 10.4. The monoisotopic (exact) mass is 418 g/mol. The Balaban J connectivity index is 1.76. The van der Waals surface area contributed by atoms with E-state index in [1.807, 2.05) is 60.7 Å². The summed E-state index contributed by atoms with van der Waals surface area (Å²) in [6, 6.07) is 24.9. The van der Waals surface area contributed by atoms with Crippen molar-refractivity contribution in [1.29, 1.82) is 0 Å². The summed E-state index contributed by atoms with van der Waals surface area (Å²) >= 11 is 0. The number of hydrogen-bond acceptors (Lipinski definition) is 2. The largest absolute Gasteiger partial charge is 0.354 e. The first kappa shape index (κ1) is 22.2. The van der Waals surface area contributed by atoms with Gasteiger partial charge < -0.3 is 10.2 Å². The van der Waals surface area contributed by atoms with Gasteiger partial charge in [0.25, 0.3) is 0 Å². The zero-order valence-electron chi connectivity index (χ0n) is 17.6. The summed E-state index contributed by atoms with van der Waals surface area (Å²) in [4.78, 5) is 27.2. The van der Waals surface area contributed by atoms with E-state index in [0.717, 1.165) is 16.7 Å². The Hall–Kier alpha value is -3.47. The fourth-order valence-electron chi connectivity index (χ4n) is 3.50. The molecule has 5 heteroatoms. The van der Waals surface area contributed by atoms with E-state index < -0.39 is 6.04 Å². The van der Waals surface area contributed by atoms with Crippen molar-refractivity contribution in [2.24, 2.45) is 0 Å². The van der Waals surface area contributed by atoms with Crippen LogP contribution in [0.2, 0.25) is 0 Å². The fraction of sp³-hybridized carbons (Fsp3) is 0.231. The molecule has 0 aliphatic carbocycles. The van der Waals surface area contributed by atoms with Gasteiger partial charge in [-0.15, -0.1) is 0 Å². The molecule has 3 rings (SSSR count). The minimum Gasteiger partial charge on any atom is -0.354 e. The number of carbonyl (C=O) groups excluding carboxylic acids is 2. The first-order chi connectivity index (χ1) is 15.0. The van der Waals surface area contributed by atoms with Crippen LogP contribution in [0.15, 0.2) is 84.9 Å². The van der Waals surface area contributed by atoms with Gasteiger partial charge in [0, 0.05) is 26.4 Å². The Bertz CT molecular complexity index is 975. The Morgan fingerprint density at radius 1 is 0.839 bits per heavy atom. The number of benzene rings is 3. The predicted molar refractivity (Wildman–Crippen MR) is 120 cm³/mol. The van der Waals surface area contributed by atoms with Gasteiger partial charge in [-0.3, -0.25) is 9.59 Å². The molecule has 3 aromatic rings. The van der Waals surface area contributed by atoms with Crippen LogP contribution in [0, 0.1) is 5.82 Å². The van der Waals surface area contributed by atoms with Crippen LogP contribution < -0.4 is 5.32 Å². The van der Waals surface area contributed by atoms with E-state index in [1.54, 1.807) is 17.0 Å². The quantitative estimate of drug-likeness (QED) is 0.568. The molecular weight excluding hydrogens is 391 g/mol. The molecule has 0 bridgehead atoms. The van der Waals surface area contributed by atoms with E-state index in [-0.39, 0.29) is 24.2 Å². The standard InChI is InChI=1S/C26H27FN2O2/c1-20(30)29(19-23-12-14-24(27)15-13-23)25(18-22-10-6-3-7-11-22)26(31)28-17-16-21-8-4-2-5-9-21/h2-15,25H,16-19H2,1H3,(H,28,31)/t25-/m0/s1. The number of carbonyl (C=O) groups is 2. The molecule has 0 radical (unpaired) electrons. The van der Waals surface area contributed by atoms with Gasteiger partial charge in [-0.1, -0.05) is 72.8 Å². The van der Waals surface area contributed by atoms with Crippen molar-refractivity contribution in [1.82, 2.24) is 10.2 Å². The maximum absolute atomic E-state index is 13.3. The third-order valence-corrected chi connectivity index (χ3v) is 5.18. The zero-order chi connectivity index (χ0) is 22.1. The van der Waals surface area contributed by atoms with Crippen LogP contribution in [0.1, 0.15) is 23.6 Å². The van der Waals surface area contributed by atoms with E-state index >= 15 is 0 Å². The molecule has 3 aromatic carbocycles. The summed E-state index contributed by atoms with van der Waals surface area (Å²) in [5.74, 6) is -0.738. The van der Waals surface area contributed by atoms with Crippen LogP contribution in [0.3, 0.4) is 0 Å². The zero-order valence-corrected chi connectivity index (χ0v) is 17.6. The van der Waals surface area contributed by atoms with Crippen LogP contribution in [-0.2, 0) is 29.0 Å². The summed E-state index contributed by atoms with van der Waals surface area (Å²) in [5, 5.41) is 2.99.